The van der Waals surface area contributed by atoms with E-state index in [2.05, 4.69) is 76.7 Å². The monoisotopic (exact) mass is 436 g/mol. The predicted molar refractivity (Wildman–Crippen MR) is 135 cm³/mol. The van der Waals surface area contributed by atoms with Crippen LogP contribution in [0.5, 0.6) is 0 Å². The lowest BCUT2D eigenvalue weighted by Gasteiger charge is -2.37. The highest BCUT2D eigenvalue weighted by Gasteiger charge is 2.32. The second kappa shape index (κ2) is 8.00. The summed E-state index contributed by atoms with van der Waals surface area (Å²) in [5.41, 5.74) is 7.48. The predicted octanol–water partition coefficient (Wildman–Crippen LogP) is 5.64. The minimum absolute atomic E-state index is 0.0982. The van der Waals surface area contributed by atoms with Gasteiger partial charge < -0.3 is 20.1 Å². The number of nitrogens with one attached hydrogen (secondary N) is 2. The molecule has 0 aliphatic carbocycles. The zero-order valence-corrected chi connectivity index (χ0v) is 18.8. The molecule has 1 aromatic heterocycles. The number of rotatable bonds is 3. The molecule has 0 unspecified atom stereocenters. The Bertz CT molecular complexity index is 1320. The van der Waals surface area contributed by atoms with Crippen LogP contribution in [0.15, 0.2) is 72.8 Å². The van der Waals surface area contributed by atoms with Gasteiger partial charge in [0.25, 0.3) is 5.91 Å². The van der Waals surface area contributed by atoms with E-state index in [9.17, 15) is 4.79 Å². The fraction of sp³-hybridized carbons (Fsp3) is 0.250. The van der Waals surface area contributed by atoms with Crippen molar-refractivity contribution in [3.8, 4) is 11.1 Å². The van der Waals surface area contributed by atoms with Gasteiger partial charge in [-0.3, -0.25) is 4.79 Å². The van der Waals surface area contributed by atoms with Gasteiger partial charge in [-0.05, 0) is 49.6 Å². The first-order valence-electron chi connectivity index (χ1n) is 11.8. The van der Waals surface area contributed by atoms with E-state index in [-0.39, 0.29) is 5.91 Å². The molecule has 2 N–H and O–H groups in total. The molecule has 3 aromatic carbocycles. The van der Waals surface area contributed by atoms with Crippen molar-refractivity contribution in [1.82, 2.24) is 9.88 Å². The fourth-order valence-corrected chi connectivity index (χ4v) is 5.36. The molecule has 2 aliphatic heterocycles. The number of likely N-dealkylation sites (tertiary alicyclic amines) is 1. The molecule has 0 bridgehead atoms. The second-order valence-electron chi connectivity index (χ2n) is 9.14. The SMILES string of the molecule is Cc1ccc2[nH]c(C(=O)N3CCC(N4CNc5ccccc54)CC3)c(-c3ccccc3)c2c1. The van der Waals surface area contributed by atoms with Crippen molar-refractivity contribution in [1.29, 1.82) is 0 Å². The highest BCUT2D eigenvalue weighted by atomic mass is 16.2. The highest BCUT2D eigenvalue weighted by Crippen LogP contribution is 2.36. The summed E-state index contributed by atoms with van der Waals surface area (Å²) in [4.78, 5) is 21.7. The quantitative estimate of drug-likeness (QED) is 0.437. The summed E-state index contributed by atoms with van der Waals surface area (Å²) in [5, 5.41) is 4.60. The van der Waals surface area contributed by atoms with E-state index in [0.29, 0.717) is 11.7 Å². The van der Waals surface area contributed by atoms with E-state index >= 15 is 0 Å². The number of amides is 1. The van der Waals surface area contributed by atoms with Crippen LogP contribution in [-0.4, -0.2) is 41.6 Å². The zero-order chi connectivity index (χ0) is 22.4. The number of hydrogen-bond acceptors (Lipinski definition) is 3. The summed E-state index contributed by atoms with van der Waals surface area (Å²) in [5.74, 6) is 0.0982. The molecular weight excluding hydrogens is 408 g/mol. The van der Waals surface area contributed by atoms with Crippen LogP contribution in [0.25, 0.3) is 22.0 Å². The number of benzene rings is 3. The van der Waals surface area contributed by atoms with E-state index in [1.165, 1.54) is 16.9 Å². The van der Waals surface area contributed by atoms with Crippen molar-refractivity contribution in [2.45, 2.75) is 25.8 Å². The molecule has 1 saturated heterocycles. The molecule has 4 aromatic rings. The molecule has 3 heterocycles. The number of para-hydroxylation sites is 2. The first-order chi connectivity index (χ1) is 16.2. The van der Waals surface area contributed by atoms with Gasteiger partial charge in [0.1, 0.15) is 5.69 Å². The minimum atomic E-state index is 0.0982. The van der Waals surface area contributed by atoms with Crippen molar-refractivity contribution in [3.63, 3.8) is 0 Å². The van der Waals surface area contributed by atoms with Gasteiger partial charge in [-0.25, -0.2) is 0 Å². The molecule has 5 nitrogen and oxygen atoms in total. The van der Waals surface area contributed by atoms with Crippen LogP contribution in [0.1, 0.15) is 28.9 Å². The summed E-state index contributed by atoms with van der Waals surface area (Å²) in [7, 11) is 0. The first-order valence-corrected chi connectivity index (χ1v) is 11.8. The van der Waals surface area contributed by atoms with Crippen molar-refractivity contribution < 1.29 is 4.79 Å². The standard InChI is InChI=1S/C28H28N4O/c1-19-11-12-23-22(17-19)26(20-7-3-2-4-8-20)27(30-23)28(33)31-15-13-21(14-16-31)32-18-29-24-9-5-6-10-25(24)32/h2-12,17,21,29-30H,13-16,18H2,1H3. The van der Waals surface area contributed by atoms with E-state index in [0.717, 1.165) is 54.6 Å². The van der Waals surface area contributed by atoms with Crippen LogP contribution < -0.4 is 10.2 Å². The molecule has 0 radical (unpaired) electrons. The number of aryl methyl sites for hydroxylation is 1. The lowest BCUT2D eigenvalue weighted by atomic mass is 9.99. The number of H-pyrrole nitrogens is 1. The Morgan fingerprint density at radius 2 is 1.70 bits per heavy atom. The Morgan fingerprint density at radius 3 is 2.52 bits per heavy atom. The molecule has 1 amide bonds. The molecule has 0 atom stereocenters. The number of anilines is 2. The van der Waals surface area contributed by atoms with E-state index in [4.69, 9.17) is 0 Å². The maximum absolute atomic E-state index is 13.7. The molecule has 0 saturated carbocycles. The molecule has 2 aliphatic rings. The number of carbonyl (C=O) groups excluding carboxylic acids is 1. The Hall–Kier alpha value is -3.73. The third-order valence-corrected chi connectivity index (χ3v) is 7.08. The van der Waals surface area contributed by atoms with Gasteiger partial charge in [0.15, 0.2) is 0 Å². The van der Waals surface area contributed by atoms with Gasteiger partial charge in [0.2, 0.25) is 0 Å². The van der Waals surface area contributed by atoms with Crippen LogP contribution in [0.3, 0.4) is 0 Å². The Labute approximate surface area is 194 Å². The first kappa shape index (κ1) is 19.9. The Kier molecular flexibility index (Phi) is 4.83. The highest BCUT2D eigenvalue weighted by molar-refractivity contribution is 6.09. The van der Waals surface area contributed by atoms with Crippen LogP contribution in [0.2, 0.25) is 0 Å². The van der Waals surface area contributed by atoms with Crippen LogP contribution >= 0.6 is 0 Å². The smallest absolute Gasteiger partial charge is 0.270 e. The molecule has 0 spiro atoms. The largest absolute Gasteiger partial charge is 0.366 e. The van der Waals surface area contributed by atoms with Crippen molar-refractivity contribution in [3.05, 3.63) is 84.1 Å². The number of piperidine rings is 1. The number of nitrogens with zero attached hydrogens (tertiary/aromatic N) is 2. The van der Waals surface area contributed by atoms with Crippen LogP contribution in [0, 0.1) is 6.92 Å². The summed E-state index contributed by atoms with van der Waals surface area (Å²) in [6, 6.07) is 25.5. The van der Waals surface area contributed by atoms with Gasteiger partial charge in [-0.2, -0.15) is 0 Å². The van der Waals surface area contributed by atoms with E-state index in [1.807, 2.05) is 23.1 Å². The molecule has 166 valence electrons. The number of aromatic nitrogens is 1. The van der Waals surface area contributed by atoms with Crippen molar-refractivity contribution >= 4 is 28.2 Å². The number of aromatic amines is 1. The summed E-state index contributed by atoms with van der Waals surface area (Å²) in [6.45, 7) is 4.48. The van der Waals surface area contributed by atoms with Gasteiger partial charge in [-0.15, -0.1) is 0 Å². The molecule has 5 heteroatoms. The van der Waals surface area contributed by atoms with Crippen molar-refractivity contribution in [2.24, 2.45) is 0 Å². The summed E-state index contributed by atoms with van der Waals surface area (Å²) < 4.78 is 0. The molecular formula is C28H28N4O. The second-order valence-corrected chi connectivity index (χ2v) is 9.14. The summed E-state index contributed by atoms with van der Waals surface area (Å²) in [6.07, 6.45) is 1.95. The topological polar surface area (TPSA) is 51.4 Å². The lowest BCUT2D eigenvalue weighted by molar-refractivity contribution is 0.0708. The van der Waals surface area contributed by atoms with E-state index in [1.54, 1.807) is 0 Å². The third kappa shape index (κ3) is 3.44. The Balaban J connectivity index is 1.27. The van der Waals surface area contributed by atoms with Crippen LogP contribution in [0.4, 0.5) is 11.4 Å². The average molecular weight is 437 g/mol. The molecule has 1 fully saturated rings. The normalized spacial score (nSPS) is 16.2. The maximum Gasteiger partial charge on any atom is 0.270 e. The third-order valence-electron chi connectivity index (χ3n) is 7.08. The fourth-order valence-electron chi connectivity index (χ4n) is 5.36. The Morgan fingerprint density at radius 1 is 0.939 bits per heavy atom. The van der Waals surface area contributed by atoms with Gasteiger partial charge in [0, 0.05) is 35.6 Å². The maximum atomic E-state index is 13.7. The van der Waals surface area contributed by atoms with Gasteiger partial charge >= 0.3 is 0 Å². The zero-order valence-electron chi connectivity index (χ0n) is 18.8. The number of carbonyl (C=O) groups is 1. The average Bonchev–Trinajstić information content (AvgIpc) is 3.46. The summed E-state index contributed by atoms with van der Waals surface area (Å²) >= 11 is 0. The number of fused-ring (bicyclic) bond motifs is 2. The van der Waals surface area contributed by atoms with Gasteiger partial charge in [0.05, 0.1) is 18.0 Å². The lowest BCUT2D eigenvalue weighted by Crippen LogP contribution is -2.47. The van der Waals surface area contributed by atoms with Gasteiger partial charge in [-0.1, -0.05) is 54.1 Å². The minimum Gasteiger partial charge on any atom is -0.366 e. The van der Waals surface area contributed by atoms with E-state index < -0.39 is 0 Å². The van der Waals surface area contributed by atoms with Crippen LogP contribution in [-0.2, 0) is 0 Å². The molecule has 6 rings (SSSR count). The number of hydrogen-bond donors (Lipinski definition) is 2. The van der Waals surface area contributed by atoms with Crippen molar-refractivity contribution in [2.75, 3.05) is 30.0 Å². The molecule has 33 heavy (non-hydrogen) atoms.